The van der Waals surface area contributed by atoms with Gasteiger partial charge in [0.2, 0.25) is 11.7 Å². The normalized spacial score (nSPS) is 17.3. The van der Waals surface area contributed by atoms with Gasteiger partial charge in [0.1, 0.15) is 0 Å². The first-order valence-electron chi connectivity index (χ1n) is 9.08. The standard InChI is InChI=1S/C20H24ClN3O2/c1-23-13-11-22-20(23)19(26)16-5-3-12-24(14-16)18(25)6-2-4-15-7-9-17(21)10-8-15/h7-11,13,16H,2-6,12,14H2,1H3/t16-/m1/s1. The van der Waals surface area contributed by atoms with E-state index in [0.717, 1.165) is 37.3 Å². The van der Waals surface area contributed by atoms with E-state index in [1.54, 1.807) is 17.0 Å². The van der Waals surface area contributed by atoms with Gasteiger partial charge in [-0.2, -0.15) is 0 Å². The van der Waals surface area contributed by atoms with E-state index in [1.807, 2.05) is 36.2 Å². The number of carbonyl (C=O) groups is 2. The van der Waals surface area contributed by atoms with Crippen LogP contribution in [0.25, 0.3) is 0 Å². The van der Waals surface area contributed by atoms with Gasteiger partial charge in [-0.1, -0.05) is 23.7 Å². The van der Waals surface area contributed by atoms with E-state index in [1.165, 1.54) is 5.56 Å². The highest BCUT2D eigenvalue weighted by Crippen LogP contribution is 2.21. The van der Waals surface area contributed by atoms with E-state index in [9.17, 15) is 9.59 Å². The van der Waals surface area contributed by atoms with Crippen LogP contribution in [0.1, 0.15) is 41.9 Å². The molecule has 1 aromatic carbocycles. The molecule has 138 valence electrons. The topological polar surface area (TPSA) is 55.2 Å². The predicted octanol–water partition coefficient (Wildman–Crippen LogP) is 3.52. The number of amides is 1. The van der Waals surface area contributed by atoms with Crippen LogP contribution in [0, 0.1) is 5.92 Å². The molecule has 5 nitrogen and oxygen atoms in total. The molecule has 1 fully saturated rings. The molecule has 1 aliphatic rings. The number of hydrogen-bond acceptors (Lipinski definition) is 3. The van der Waals surface area contributed by atoms with Crippen molar-refractivity contribution < 1.29 is 9.59 Å². The first-order valence-corrected chi connectivity index (χ1v) is 9.46. The van der Waals surface area contributed by atoms with E-state index in [0.29, 0.717) is 18.8 Å². The first kappa shape index (κ1) is 18.6. The Morgan fingerprint density at radius 2 is 2.04 bits per heavy atom. The number of halogens is 1. The summed E-state index contributed by atoms with van der Waals surface area (Å²) in [5.41, 5.74) is 1.18. The first-order chi connectivity index (χ1) is 12.5. The van der Waals surface area contributed by atoms with Gasteiger partial charge in [0.25, 0.3) is 0 Å². The summed E-state index contributed by atoms with van der Waals surface area (Å²) in [5, 5.41) is 0.724. The Hall–Kier alpha value is -2.14. The van der Waals surface area contributed by atoms with Crippen molar-refractivity contribution in [2.24, 2.45) is 13.0 Å². The Kier molecular flexibility index (Phi) is 6.09. The van der Waals surface area contributed by atoms with Crippen LogP contribution < -0.4 is 0 Å². The van der Waals surface area contributed by atoms with Crippen LogP contribution in [0.5, 0.6) is 0 Å². The fraction of sp³-hybridized carbons (Fsp3) is 0.450. The molecule has 1 aliphatic heterocycles. The van der Waals surface area contributed by atoms with Gasteiger partial charge in [-0.15, -0.1) is 0 Å². The second kappa shape index (κ2) is 8.49. The molecule has 0 spiro atoms. The number of imidazole rings is 1. The predicted molar refractivity (Wildman–Crippen MR) is 101 cm³/mol. The summed E-state index contributed by atoms with van der Waals surface area (Å²) in [6.45, 7) is 1.25. The third-order valence-corrected chi connectivity index (χ3v) is 5.21. The molecule has 0 unspecified atom stereocenters. The maximum absolute atomic E-state index is 12.6. The molecular weight excluding hydrogens is 350 g/mol. The third kappa shape index (κ3) is 4.52. The zero-order valence-electron chi connectivity index (χ0n) is 15.0. The van der Waals surface area contributed by atoms with Gasteiger partial charge < -0.3 is 9.47 Å². The van der Waals surface area contributed by atoms with Crippen LogP contribution in [0.2, 0.25) is 5.02 Å². The number of likely N-dealkylation sites (tertiary alicyclic amines) is 1. The minimum atomic E-state index is -0.148. The molecule has 6 heteroatoms. The van der Waals surface area contributed by atoms with Gasteiger partial charge in [0.15, 0.2) is 5.82 Å². The van der Waals surface area contributed by atoms with E-state index in [4.69, 9.17) is 11.6 Å². The molecule has 2 heterocycles. The fourth-order valence-electron chi connectivity index (χ4n) is 3.46. The molecule has 0 saturated carbocycles. The molecule has 0 bridgehead atoms. The smallest absolute Gasteiger partial charge is 0.222 e. The van der Waals surface area contributed by atoms with Crippen LogP contribution in [0.15, 0.2) is 36.7 Å². The summed E-state index contributed by atoms with van der Waals surface area (Å²) in [5.74, 6) is 0.504. The summed E-state index contributed by atoms with van der Waals surface area (Å²) in [6.07, 6.45) is 7.25. The van der Waals surface area contributed by atoms with Crippen LogP contribution in [0.4, 0.5) is 0 Å². The number of benzene rings is 1. The van der Waals surface area contributed by atoms with Crippen molar-refractivity contribution in [3.63, 3.8) is 0 Å². The van der Waals surface area contributed by atoms with E-state index in [2.05, 4.69) is 4.98 Å². The van der Waals surface area contributed by atoms with Crippen LogP contribution in [0.3, 0.4) is 0 Å². The zero-order valence-corrected chi connectivity index (χ0v) is 15.8. The lowest BCUT2D eigenvalue weighted by Gasteiger charge is -2.32. The largest absolute Gasteiger partial charge is 0.342 e. The van der Waals surface area contributed by atoms with Crippen molar-refractivity contribution in [3.05, 3.63) is 53.1 Å². The van der Waals surface area contributed by atoms with Crippen molar-refractivity contribution in [1.82, 2.24) is 14.5 Å². The summed E-state index contributed by atoms with van der Waals surface area (Å²) in [4.78, 5) is 31.2. The molecule has 1 aromatic heterocycles. The Balaban J connectivity index is 1.50. The molecule has 1 amide bonds. The number of nitrogens with zero attached hydrogens (tertiary/aromatic N) is 3. The average molecular weight is 374 g/mol. The lowest BCUT2D eigenvalue weighted by Crippen LogP contribution is -2.42. The molecule has 3 rings (SSSR count). The van der Waals surface area contributed by atoms with Crippen molar-refractivity contribution >= 4 is 23.3 Å². The van der Waals surface area contributed by atoms with Gasteiger partial charge in [0, 0.05) is 49.9 Å². The Labute approximate surface area is 159 Å². The highest BCUT2D eigenvalue weighted by molar-refractivity contribution is 6.30. The van der Waals surface area contributed by atoms with Gasteiger partial charge >= 0.3 is 0 Å². The number of aryl methyl sites for hydroxylation is 2. The number of piperidine rings is 1. The molecule has 0 radical (unpaired) electrons. The van der Waals surface area contributed by atoms with Gasteiger partial charge in [-0.25, -0.2) is 4.98 Å². The van der Waals surface area contributed by atoms with Gasteiger partial charge in [-0.05, 0) is 43.4 Å². The van der Waals surface area contributed by atoms with E-state index >= 15 is 0 Å². The van der Waals surface area contributed by atoms with Crippen molar-refractivity contribution in [2.75, 3.05) is 13.1 Å². The van der Waals surface area contributed by atoms with Gasteiger partial charge in [0.05, 0.1) is 0 Å². The molecule has 2 aromatic rings. The lowest BCUT2D eigenvalue weighted by molar-refractivity contribution is -0.132. The zero-order chi connectivity index (χ0) is 18.5. The maximum Gasteiger partial charge on any atom is 0.222 e. The number of carbonyl (C=O) groups excluding carboxylic acids is 2. The van der Waals surface area contributed by atoms with Crippen molar-refractivity contribution in [2.45, 2.75) is 32.1 Å². The molecule has 0 N–H and O–H groups in total. The number of hydrogen-bond donors (Lipinski definition) is 0. The molecule has 26 heavy (non-hydrogen) atoms. The summed E-state index contributed by atoms with van der Waals surface area (Å²) in [6, 6.07) is 7.73. The van der Waals surface area contributed by atoms with Crippen molar-refractivity contribution in [3.8, 4) is 0 Å². The number of aromatic nitrogens is 2. The summed E-state index contributed by atoms with van der Waals surface area (Å²) in [7, 11) is 1.82. The van der Waals surface area contributed by atoms with Crippen LogP contribution in [-0.4, -0.2) is 39.2 Å². The van der Waals surface area contributed by atoms with Crippen LogP contribution >= 0.6 is 11.6 Å². The second-order valence-electron chi connectivity index (χ2n) is 6.88. The minimum Gasteiger partial charge on any atom is -0.342 e. The SMILES string of the molecule is Cn1ccnc1C(=O)[C@@H]1CCCN(C(=O)CCCc2ccc(Cl)cc2)C1. The fourth-order valence-corrected chi connectivity index (χ4v) is 3.58. The summed E-state index contributed by atoms with van der Waals surface area (Å²) >= 11 is 5.89. The highest BCUT2D eigenvalue weighted by Gasteiger charge is 2.30. The molecule has 1 saturated heterocycles. The monoisotopic (exact) mass is 373 g/mol. The van der Waals surface area contributed by atoms with Crippen LogP contribution in [-0.2, 0) is 18.3 Å². The van der Waals surface area contributed by atoms with Crippen molar-refractivity contribution in [1.29, 1.82) is 0 Å². The number of ketones is 1. The van der Waals surface area contributed by atoms with E-state index < -0.39 is 0 Å². The Bertz CT molecular complexity index is 770. The Morgan fingerprint density at radius 1 is 1.27 bits per heavy atom. The number of rotatable bonds is 6. The summed E-state index contributed by atoms with van der Waals surface area (Å²) < 4.78 is 1.75. The highest BCUT2D eigenvalue weighted by atomic mass is 35.5. The lowest BCUT2D eigenvalue weighted by atomic mass is 9.93. The third-order valence-electron chi connectivity index (χ3n) is 4.96. The van der Waals surface area contributed by atoms with E-state index in [-0.39, 0.29) is 17.6 Å². The maximum atomic E-state index is 12.6. The molecule has 0 aliphatic carbocycles. The Morgan fingerprint density at radius 3 is 2.73 bits per heavy atom. The average Bonchev–Trinajstić information content (AvgIpc) is 3.08. The molecular formula is C20H24ClN3O2. The van der Waals surface area contributed by atoms with Gasteiger partial charge in [-0.3, -0.25) is 9.59 Å². The second-order valence-corrected chi connectivity index (χ2v) is 7.32. The quantitative estimate of drug-likeness (QED) is 0.728. The number of Topliss-reactive ketones (excluding diaryl/α,β-unsaturated/α-hetero) is 1. The minimum absolute atomic E-state index is 0.0381. The molecule has 1 atom stereocenters.